The number of anilines is 1. The third kappa shape index (κ3) is 6.84. The van der Waals surface area contributed by atoms with Gasteiger partial charge in [0.05, 0.1) is 25.3 Å². The van der Waals surface area contributed by atoms with Crippen molar-refractivity contribution >= 4 is 11.7 Å². The third-order valence-electron chi connectivity index (χ3n) is 8.22. The van der Waals surface area contributed by atoms with Crippen LogP contribution in [0.2, 0.25) is 0 Å². The van der Waals surface area contributed by atoms with Gasteiger partial charge in [0, 0.05) is 17.3 Å². The highest BCUT2D eigenvalue weighted by Crippen LogP contribution is 2.42. The smallest absolute Gasteiger partial charge is 0.322 e. The summed E-state index contributed by atoms with van der Waals surface area (Å²) in [4.78, 5) is 15.5. The monoisotopic (exact) mass is 602 g/mol. The zero-order valence-electron chi connectivity index (χ0n) is 25.0. The molecule has 0 unspecified atom stereocenters. The van der Waals surface area contributed by atoms with Crippen LogP contribution >= 0.6 is 0 Å². The molecule has 0 saturated carbocycles. The number of ether oxygens (including phenoxy) is 2. The topological polar surface area (TPSA) is 71.0 Å². The van der Waals surface area contributed by atoms with Crippen LogP contribution in [-0.2, 0) is 6.61 Å². The van der Waals surface area contributed by atoms with Crippen molar-refractivity contribution in [2.24, 2.45) is 0 Å². The van der Waals surface area contributed by atoms with Crippen molar-refractivity contribution in [1.29, 1.82) is 0 Å². The van der Waals surface area contributed by atoms with E-state index >= 15 is 0 Å². The number of nitrogens with one attached hydrogen (secondary N) is 1. The molecule has 2 N–H and O–H groups in total. The Bertz CT molecular complexity index is 1710. The molecule has 6 nitrogen and oxygen atoms in total. The predicted octanol–water partition coefficient (Wildman–Crippen LogP) is 8.23. The zero-order chi connectivity index (χ0) is 31.2. The Morgan fingerprint density at radius 1 is 0.844 bits per heavy atom. The lowest BCUT2D eigenvalue weighted by Crippen LogP contribution is -2.30. The number of halogens is 1. The molecular formula is C38H35FN2O4. The molecular weight excluding hydrogens is 567 g/mol. The Morgan fingerprint density at radius 3 is 2.20 bits per heavy atom. The van der Waals surface area contributed by atoms with E-state index in [9.17, 15) is 14.3 Å². The summed E-state index contributed by atoms with van der Waals surface area (Å²) >= 11 is 0. The van der Waals surface area contributed by atoms with Crippen LogP contribution in [0.3, 0.4) is 0 Å². The van der Waals surface area contributed by atoms with Crippen molar-refractivity contribution in [3.63, 3.8) is 0 Å². The van der Waals surface area contributed by atoms with Crippen LogP contribution in [0.1, 0.15) is 41.7 Å². The van der Waals surface area contributed by atoms with Gasteiger partial charge in [-0.05, 0) is 71.5 Å². The fourth-order valence-corrected chi connectivity index (χ4v) is 5.86. The number of hydrogen-bond acceptors (Lipinski definition) is 4. The van der Waals surface area contributed by atoms with E-state index in [1.165, 1.54) is 12.1 Å². The minimum Gasteiger partial charge on any atom is -0.497 e. The first-order valence-corrected chi connectivity index (χ1v) is 15.0. The number of carbonyl (C=O) groups excluding carboxylic acids is 1. The van der Waals surface area contributed by atoms with E-state index in [1.54, 1.807) is 24.1 Å². The van der Waals surface area contributed by atoms with E-state index < -0.39 is 12.1 Å². The molecule has 228 valence electrons. The van der Waals surface area contributed by atoms with E-state index in [1.807, 2.05) is 91.0 Å². The molecule has 0 bridgehead atoms. The zero-order valence-corrected chi connectivity index (χ0v) is 25.0. The maximum Gasteiger partial charge on any atom is 0.322 e. The summed E-state index contributed by atoms with van der Waals surface area (Å²) in [5.74, 6) is 0.890. The van der Waals surface area contributed by atoms with Crippen LogP contribution in [0.5, 0.6) is 11.5 Å². The normalized spacial score (nSPS) is 16.7. The summed E-state index contributed by atoms with van der Waals surface area (Å²) in [5, 5.41) is 14.1. The van der Waals surface area contributed by atoms with Crippen molar-refractivity contribution in [2.45, 2.75) is 37.6 Å². The molecule has 1 aliphatic heterocycles. The Balaban J connectivity index is 1.34. The van der Waals surface area contributed by atoms with Gasteiger partial charge in [0.25, 0.3) is 0 Å². The molecule has 6 rings (SSSR count). The maximum atomic E-state index is 13.7. The Hall–Kier alpha value is -5.14. The average molecular weight is 603 g/mol. The van der Waals surface area contributed by atoms with Crippen molar-refractivity contribution in [1.82, 2.24) is 5.32 Å². The number of methoxy groups -OCH3 is 1. The molecule has 2 amide bonds. The Morgan fingerprint density at radius 2 is 1.51 bits per heavy atom. The summed E-state index contributed by atoms with van der Waals surface area (Å²) in [7, 11) is 1.61. The molecule has 3 atom stereocenters. The number of nitrogens with zero attached hydrogens (tertiary/aromatic N) is 1. The fraction of sp³-hybridized carbons (Fsp3) is 0.184. The van der Waals surface area contributed by atoms with Gasteiger partial charge >= 0.3 is 6.03 Å². The predicted molar refractivity (Wildman–Crippen MR) is 174 cm³/mol. The summed E-state index contributed by atoms with van der Waals surface area (Å²) in [5.41, 5.74) is 5.33. The number of carbonyl (C=O) groups is 1. The SMILES string of the molecule is COc1ccc([C@@H]2[C@H](CC[C@H](O)c3ccc(F)cc3)NC(=O)N2c2ccc(-c3ccccc3)cc2)c(OCc2ccccc2)c1. The van der Waals surface area contributed by atoms with Crippen LogP contribution in [0.25, 0.3) is 11.1 Å². The Labute approximate surface area is 262 Å². The summed E-state index contributed by atoms with van der Waals surface area (Å²) in [6, 6.07) is 38.4. The highest BCUT2D eigenvalue weighted by molar-refractivity contribution is 5.96. The lowest BCUT2D eigenvalue weighted by molar-refractivity contribution is 0.159. The van der Waals surface area contributed by atoms with Gasteiger partial charge in [-0.25, -0.2) is 9.18 Å². The standard InChI is InChI=1S/C38H35FN2O4/c1-44-32-20-21-33(36(24-32)45-25-26-8-4-2-5-9-26)37-34(22-23-35(42)29-12-16-30(39)17-13-29)40-38(43)41(37)31-18-14-28(15-19-31)27-10-6-3-7-11-27/h2-21,24,34-35,37,42H,22-23,25H2,1H3,(H,40,43)/t34-,35-,37+/m0/s1. The van der Waals surface area contributed by atoms with Gasteiger partial charge < -0.3 is 19.9 Å². The van der Waals surface area contributed by atoms with Gasteiger partial charge in [-0.15, -0.1) is 0 Å². The van der Waals surface area contributed by atoms with Crippen LogP contribution < -0.4 is 19.7 Å². The van der Waals surface area contributed by atoms with Crippen LogP contribution in [0.4, 0.5) is 14.9 Å². The number of benzene rings is 5. The molecule has 0 radical (unpaired) electrons. The van der Waals surface area contributed by atoms with Gasteiger partial charge in [0.2, 0.25) is 0 Å². The molecule has 1 heterocycles. The first kappa shape index (κ1) is 29.9. The highest BCUT2D eigenvalue weighted by Gasteiger charge is 2.42. The number of aliphatic hydroxyl groups excluding tert-OH is 1. The molecule has 0 spiro atoms. The first-order valence-electron chi connectivity index (χ1n) is 15.0. The van der Waals surface area contributed by atoms with E-state index in [0.29, 0.717) is 36.5 Å². The second kappa shape index (κ2) is 13.7. The second-order valence-corrected chi connectivity index (χ2v) is 11.1. The number of amides is 2. The molecule has 0 aromatic heterocycles. The summed E-state index contributed by atoms with van der Waals surface area (Å²) in [6.45, 7) is 0.342. The fourth-order valence-electron chi connectivity index (χ4n) is 5.86. The van der Waals surface area contributed by atoms with Gasteiger partial charge in [0.1, 0.15) is 23.9 Å². The van der Waals surface area contributed by atoms with Crippen LogP contribution in [0.15, 0.2) is 127 Å². The maximum absolute atomic E-state index is 13.7. The minimum absolute atomic E-state index is 0.237. The number of hydrogen-bond donors (Lipinski definition) is 2. The van der Waals surface area contributed by atoms with E-state index in [4.69, 9.17) is 9.47 Å². The van der Waals surface area contributed by atoms with Gasteiger partial charge in [-0.3, -0.25) is 4.90 Å². The van der Waals surface area contributed by atoms with Gasteiger partial charge in [-0.1, -0.05) is 84.9 Å². The molecule has 1 saturated heterocycles. The highest BCUT2D eigenvalue weighted by atomic mass is 19.1. The lowest BCUT2D eigenvalue weighted by Gasteiger charge is -2.29. The van der Waals surface area contributed by atoms with Crippen molar-refractivity contribution in [2.75, 3.05) is 12.0 Å². The largest absolute Gasteiger partial charge is 0.497 e. The van der Waals surface area contributed by atoms with E-state index in [2.05, 4.69) is 17.4 Å². The van der Waals surface area contributed by atoms with E-state index in [0.717, 1.165) is 27.9 Å². The van der Waals surface area contributed by atoms with Crippen molar-refractivity contribution in [3.8, 4) is 22.6 Å². The molecule has 1 fully saturated rings. The van der Waals surface area contributed by atoms with Crippen molar-refractivity contribution in [3.05, 3.63) is 150 Å². The summed E-state index contributed by atoms with van der Waals surface area (Å²) < 4.78 is 25.4. The minimum atomic E-state index is -0.813. The third-order valence-corrected chi connectivity index (χ3v) is 8.22. The van der Waals surface area contributed by atoms with Crippen LogP contribution in [-0.4, -0.2) is 24.3 Å². The van der Waals surface area contributed by atoms with Crippen LogP contribution in [0, 0.1) is 5.82 Å². The molecule has 5 aromatic carbocycles. The molecule has 5 aromatic rings. The number of urea groups is 1. The molecule has 1 aliphatic rings. The molecule has 0 aliphatic carbocycles. The lowest BCUT2D eigenvalue weighted by atomic mass is 9.92. The number of aliphatic hydroxyl groups is 1. The molecule has 45 heavy (non-hydrogen) atoms. The average Bonchev–Trinajstić information content (AvgIpc) is 3.42. The van der Waals surface area contributed by atoms with Crippen molar-refractivity contribution < 1.29 is 23.8 Å². The quantitative estimate of drug-likeness (QED) is 0.160. The van der Waals surface area contributed by atoms with Gasteiger partial charge in [0.15, 0.2) is 0 Å². The van der Waals surface area contributed by atoms with E-state index in [-0.39, 0.29) is 17.9 Å². The van der Waals surface area contributed by atoms with Gasteiger partial charge in [-0.2, -0.15) is 0 Å². The first-order chi connectivity index (χ1) is 22.0. The Kier molecular flexibility index (Phi) is 9.08. The number of rotatable bonds is 11. The molecule has 7 heteroatoms. The second-order valence-electron chi connectivity index (χ2n) is 11.1. The summed E-state index contributed by atoms with van der Waals surface area (Å²) in [6.07, 6.45) is 0.0223.